The highest BCUT2D eigenvalue weighted by Crippen LogP contribution is 2.27. The summed E-state index contributed by atoms with van der Waals surface area (Å²) in [6, 6.07) is -1.93. The minimum Gasteiger partial charge on any atom is -0.220 e. The van der Waals surface area contributed by atoms with E-state index in [9.17, 15) is 8.78 Å². The Kier molecular flexibility index (Phi) is 1.06. The zero-order chi connectivity index (χ0) is 6.91. The van der Waals surface area contributed by atoms with E-state index >= 15 is 0 Å². The van der Waals surface area contributed by atoms with E-state index in [1.807, 2.05) is 0 Å². The van der Waals surface area contributed by atoms with Crippen LogP contribution in [0.5, 0.6) is 0 Å². The third-order valence-electron chi connectivity index (χ3n) is 0.922. The smallest absolute Gasteiger partial charge is 0.220 e. The van der Waals surface area contributed by atoms with E-state index in [-0.39, 0.29) is 0 Å². The van der Waals surface area contributed by atoms with Gasteiger partial charge >= 0.3 is 6.05 Å². The molecule has 0 saturated carbocycles. The average molecular weight is 128 g/mol. The van der Waals surface area contributed by atoms with Gasteiger partial charge in [0.1, 0.15) is 11.6 Å². The van der Waals surface area contributed by atoms with Crippen molar-refractivity contribution in [2.24, 2.45) is 4.99 Å². The number of alkyl halides is 2. The molecule has 0 N–H and O–H groups in total. The number of allylic oxidation sites excluding steroid dienone is 1. The Morgan fingerprint density at radius 3 is 2.56 bits per heavy atom. The SMILES string of the molecule is N#CC1=CC=NC1(F)F. The molecule has 9 heavy (non-hydrogen) atoms. The summed E-state index contributed by atoms with van der Waals surface area (Å²) in [4.78, 5) is 2.75. The van der Waals surface area contributed by atoms with Crippen molar-refractivity contribution in [2.45, 2.75) is 6.05 Å². The molecule has 0 spiro atoms. The van der Waals surface area contributed by atoms with Crippen LogP contribution in [-0.2, 0) is 0 Å². The minimum atomic E-state index is -3.27. The maximum atomic E-state index is 12.1. The highest BCUT2D eigenvalue weighted by molar-refractivity contribution is 5.78. The molecule has 0 atom stereocenters. The Labute approximate surface area is 50.1 Å². The van der Waals surface area contributed by atoms with E-state index in [0.717, 1.165) is 12.3 Å². The summed E-state index contributed by atoms with van der Waals surface area (Å²) >= 11 is 0. The Hall–Kier alpha value is -1.24. The molecule has 0 aromatic carbocycles. The highest BCUT2D eigenvalue weighted by atomic mass is 19.3. The van der Waals surface area contributed by atoms with E-state index in [1.54, 1.807) is 0 Å². The van der Waals surface area contributed by atoms with Crippen LogP contribution in [-0.4, -0.2) is 12.3 Å². The lowest BCUT2D eigenvalue weighted by Gasteiger charge is -2.01. The molecule has 0 aliphatic carbocycles. The molecule has 0 amide bonds. The zero-order valence-corrected chi connectivity index (χ0v) is 4.31. The fraction of sp³-hybridized carbons (Fsp3) is 0.200. The van der Waals surface area contributed by atoms with Gasteiger partial charge in [-0.05, 0) is 6.08 Å². The summed E-state index contributed by atoms with van der Waals surface area (Å²) in [5.41, 5.74) is -0.595. The average Bonchev–Trinajstić information content (AvgIpc) is 2.08. The van der Waals surface area contributed by atoms with E-state index in [1.165, 1.54) is 6.07 Å². The Bertz CT molecular complexity index is 222. The molecule has 0 aromatic rings. The lowest BCUT2D eigenvalue weighted by Crippen LogP contribution is -2.10. The van der Waals surface area contributed by atoms with Crippen LogP contribution in [0, 0.1) is 11.3 Å². The van der Waals surface area contributed by atoms with Crippen LogP contribution >= 0.6 is 0 Å². The number of hydrogen-bond donors (Lipinski definition) is 0. The third-order valence-corrected chi connectivity index (χ3v) is 0.922. The molecule has 1 heterocycles. The Morgan fingerprint density at radius 1 is 1.67 bits per heavy atom. The van der Waals surface area contributed by atoms with E-state index in [0.29, 0.717) is 0 Å². The van der Waals surface area contributed by atoms with E-state index < -0.39 is 11.6 Å². The second-order valence-electron chi connectivity index (χ2n) is 1.51. The van der Waals surface area contributed by atoms with Gasteiger partial charge in [0.15, 0.2) is 0 Å². The first-order valence-electron chi connectivity index (χ1n) is 2.21. The van der Waals surface area contributed by atoms with Crippen LogP contribution in [0.3, 0.4) is 0 Å². The van der Waals surface area contributed by atoms with Crippen LogP contribution in [0.2, 0.25) is 0 Å². The lowest BCUT2D eigenvalue weighted by molar-refractivity contribution is 0.0610. The van der Waals surface area contributed by atoms with Gasteiger partial charge in [0.2, 0.25) is 0 Å². The summed E-state index contributed by atoms with van der Waals surface area (Å²) in [5.74, 6) is 0. The van der Waals surface area contributed by atoms with Gasteiger partial charge in [0, 0.05) is 6.21 Å². The van der Waals surface area contributed by atoms with Crippen LogP contribution in [0.25, 0.3) is 0 Å². The van der Waals surface area contributed by atoms with Gasteiger partial charge in [-0.3, -0.25) is 0 Å². The van der Waals surface area contributed by atoms with Crippen LogP contribution in [0.15, 0.2) is 16.6 Å². The second-order valence-corrected chi connectivity index (χ2v) is 1.51. The first kappa shape index (κ1) is 5.89. The molecular formula is C5H2F2N2. The summed E-state index contributed by atoms with van der Waals surface area (Å²) in [5, 5.41) is 8.02. The predicted molar refractivity (Wildman–Crippen MR) is 27.1 cm³/mol. The van der Waals surface area contributed by atoms with Gasteiger partial charge in [-0.15, -0.1) is 0 Å². The second kappa shape index (κ2) is 1.62. The van der Waals surface area contributed by atoms with Crippen molar-refractivity contribution in [1.82, 2.24) is 0 Å². The van der Waals surface area contributed by atoms with Crippen molar-refractivity contribution in [3.05, 3.63) is 11.6 Å². The first-order valence-corrected chi connectivity index (χ1v) is 2.21. The molecule has 0 unspecified atom stereocenters. The molecule has 2 nitrogen and oxygen atoms in total. The van der Waals surface area contributed by atoms with Crippen molar-refractivity contribution < 1.29 is 8.78 Å². The maximum Gasteiger partial charge on any atom is 0.379 e. The number of rotatable bonds is 0. The van der Waals surface area contributed by atoms with Crippen LogP contribution < -0.4 is 0 Å². The Morgan fingerprint density at radius 2 is 2.33 bits per heavy atom. The van der Waals surface area contributed by atoms with Crippen LogP contribution in [0.1, 0.15) is 0 Å². The molecule has 1 aliphatic heterocycles. The third kappa shape index (κ3) is 0.809. The number of nitriles is 1. The summed E-state index contributed by atoms with van der Waals surface area (Å²) in [6.45, 7) is 0. The van der Waals surface area contributed by atoms with Gasteiger partial charge in [-0.25, -0.2) is 4.99 Å². The molecular weight excluding hydrogens is 126 g/mol. The van der Waals surface area contributed by atoms with Crippen molar-refractivity contribution in [3.8, 4) is 6.07 Å². The molecule has 0 saturated heterocycles. The fourth-order valence-corrected chi connectivity index (χ4v) is 0.480. The van der Waals surface area contributed by atoms with Crippen LogP contribution in [0.4, 0.5) is 8.78 Å². The Balaban J connectivity index is 2.95. The maximum absolute atomic E-state index is 12.1. The number of halogens is 2. The van der Waals surface area contributed by atoms with E-state index in [4.69, 9.17) is 5.26 Å². The highest BCUT2D eigenvalue weighted by Gasteiger charge is 2.35. The molecule has 46 valence electrons. The monoisotopic (exact) mass is 128 g/mol. The molecule has 0 fully saturated rings. The zero-order valence-electron chi connectivity index (χ0n) is 4.31. The molecule has 4 heteroatoms. The summed E-state index contributed by atoms with van der Waals surface area (Å²) in [7, 11) is 0. The van der Waals surface area contributed by atoms with Crippen molar-refractivity contribution in [1.29, 1.82) is 5.26 Å². The topological polar surface area (TPSA) is 36.1 Å². The van der Waals surface area contributed by atoms with Gasteiger partial charge in [0.05, 0.1) is 0 Å². The van der Waals surface area contributed by atoms with Crippen molar-refractivity contribution in [2.75, 3.05) is 0 Å². The molecule has 0 bridgehead atoms. The van der Waals surface area contributed by atoms with Gasteiger partial charge < -0.3 is 0 Å². The first-order chi connectivity index (χ1) is 4.17. The van der Waals surface area contributed by atoms with Gasteiger partial charge in [-0.2, -0.15) is 14.0 Å². The number of hydrogen-bond acceptors (Lipinski definition) is 2. The molecule has 0 aromatic heterocycles. The van der Waals surface area contributed by atoms with E-state index in [2.05, 4.69) is 4.99 Å². The molecule has 1 aliphatic rings. The lowest BCUT2D eigenvalue weighted by atomic mass is 10.3. The van der Waals surface area contributed by atoms with Crippen molar-refractivity contribution in [3.63, 3.8) is 0 Å². The molecule has 1 rings (SSSR count). The summed E-state index contributed by atoms with van der Waals surface area (Å²) < 4.78 is 24.2. The normalized spacial score (nSPS) is 21.2. The quantitative estimate of drug-likeness (QED) is 0.450. The fourth-order valence-electron chi connectivity index (χ4n) is 0.480. The number of aliphatic imine (C=N–C) groups is 1. The van der Waals surface area contributed by atoms with Gasteiger partial charge in [-0.1, -0.05) is 0 Å². The standard InChI is InChI=1S/C5H2F2N2/c6-5(7)4(3-8)1-2-9-5/h1-2H. The predicted octanol–water partition coefficient (Wildman–Crippen LogP) is 1.11. The largest absolute Gasteiger partial charge is 0.379 e. The summed E-state index contributed by atoms with van der Waals surface area (Å²) in [6.07, 6.45) is 1.93. The minimum absolute atomic E-state index is 0.595. The van der Waals surface area contributed by atoms with Crippen molar-refractivity contribution >= 4 is 6.21 Å². The number of nitrogens with zero attached hydrogens (tertiary/aromatic N) is 2. The molecule has 0 radical (unpaired) electrons. The van der Waals surface area contributed by atoms with Gasteiger partial charge in [0.25, 0.3) is 0 Å².